The largest absolute Gasteiger partial charge is 0.573 e. The Hall–Kier alpha value is -3.25. The molecular formula is C24H22Cl2F4N3O5-. The van der Waals surface area contributed by atoms with E-state index in [1.807, 2.05) is 0 Å². The second-order valence-corrected chi connectivity index (χ2v) is 9.67. The summed E-state index contributed by atoms with van der Waals surface area (Å²) in [6.45, 7) is 1.34. The van der Waals surface area contributed by atoms with Crippen LogP contribution < -0.4 is 25.8 Å². The van der Waals surface area contributed by atoms with Gasteiger partial charge in [-0.3, -0.25) is 4.79 Å². The Morgan fingerprint density at radius 3 is 2.16 bits per heavy atom. The number of benzene rings is 2. The highest BCUT2D eigenvalue weighted by Gasteiger charge is 2.38. The molecule has 1 saturated carbocycles. The molecule has 206 valence electrons. The highest BCUT2D eigenvalue weighted by atomic mass is 35.5. The number of anilines is 2. The fraction of sp³-hybridized carbons (Fsp3) is 0.375. The Morgan fingerprint density at radius 1 is 1.00 bits per heavy atom. The van der Waals surface area contributed by atoms with Gasteiger partial charge >= 0.3 is 12.4 Å². The van der Waals surface area contributed by atoms with E-state index >= 15 is 0 Å². The maximum atomic E-state index is 14.0. The Bertz CT molecular complexity index is 1220. The molecule has 1 aliphatic carbocycles. The molecule has 0 aliphatic heterocycles. The van der Waals surface area contributed by atoms with Crippen molar-refractivity contribution in [1.29, 1.82) is 0 Å². The van der Waals surface area contributed by atoms with Crippen molar-refractivity contribution in [2.75, 3.05) is 10.6 Å². The molecule has 0 radical (unpaired) electrons. The van der Waals surface area contributed by atoms with Crippen molar-refractivity contribution in [3.8, 4) is 5.75 Å². The fourth-order valence-corrected chi connectivity index (χ4v) is 4.81. The summed E-state index contributed by atoms with van der Waals surface area (Å²) >= 11 is 11.9. The summed E-state index contributed by atoms with van der Waals surface area (Å²) in [5, 5.41) is 18.1. The zero-order chi connectivity index (χ0) is 28.3. The highest BCUT2D eigenvalue weighted by Crippen LogP contribution is 2.37. The molecule has 1 aliphatic rings. The number of hydrogen-bond donors (Lipinski definition) is 3. The molecule has 0 unspecified atom stereocenters. The summed E-state index contributed by atoms with van der Waals surface area (Å²) < 4.78 is 55.1. The molecule has 14 heteroatoms. The number of hydrogen-bond acceptors (Lipinski definition) is 5. The predicted octanol–water partition coefficient (Wildman–Crippen LogP) is 5.49. The van der Waals surface area contributed by atoms with Crippen LogP contribution >= 0.6 is 23.2 Å². The van der Waals surface area contributed by atoms with Gasteiger partial charge in [0.05, 0.1) is 38.5 Å². The van der Waals surface area contributed by atoms with E-state index in [2.05, 4.69) is 20.7 Å². The minimum absolute atomic E-state index is 0.254. The van der Waals surface area contributed by atoms with Crippen LogP contribution in [0.4, 0.5) is 33.7 Å². The molecule has 3 amide bonds. The van der Waals surface area contributed by atoms with E-state index in [4.69, 9.17) is 23.2 Å². The van der Waals surface area contributed by atoms with Crippen LogP contribution in [0, 0.1) is 11.7 Å². The van der Waals surface area contributed by atoms with Crippen molar-refractivity contribution in [3.63, 3.8) is 0 Å². The van der Waals surface area contributed by atoms with Crippen LogP contribution in [-0.2, 0) is 4.79 Å². The first-order valence-electron chi connectivity index (χ1n) is 11.4. The zero-order valence-corrected chi connectivity index (χ0v) is 21.3. The van der Waals surface area contributed by atoms with Crippen LogP contribution in [0.15, 0.2) is 30.3 Å². The first kappa shape index (κ1) is 29.3. The lowest BCUT2D eigenvalue weighted by Crippen LogP contribution is -2.62. The lowest BCUT2D eigenvalue weighted by molar-refractivity contribution is -0.315. The van der Waals surface area contributed by atoms with Gasteiger partial charge in [0.15, 0.2) is 0 Å². The topological polar surface area (TPSA) is 120 Å². The molecule has 3 rings (SSSR count). The number of ether oxygens (including phenoxy) is 1. The number of aliphatic carboxylic acids is 1. The number of carboxylic acid groups (broad SMARTS) is 1. The standard InChI is InChI=1S/C24H23Cl2F4N3O5/c1-23(21(35)36,12-5-3-2-4-6-12)33-20(34)15-8-7-13(27)9-18(15)31-22(37)32-19-16(25)10-14(11-17(19)26)38-24(28,29)30/h7-12H,2-6H2,1H3,(H,33,34)(H,35,36)(H2,31,32,37)/p-1/t23-/m0/s1. The first-order chi connectivity index (χ1) is 17.7. The lowest BCUT2D eigenvalue weighted by Gasteiger charge is -2.41. The summed E-state index contributed by atoms with van der Waals surface area (Å²) in [4.78, 5) is 37.7. The number of urea groups is 1. The number of alkyl halides is 3. The van der Waals surface area contributed by atoms with E-state index in [0.29, 0.717) is 12.8 Å². The molecule has 2 aromatic rings. The third-order valence-corrected chi connectivity index (χ3v) is 6.78. The average molecular weight is 579 g/mol. The molecule has 0 saturated heterocycles. The van der Waals surface area contributed by atoms with E-state index in [9.17, 15) is 37.1 Å². The van der Waals surface area contributed by atoms with Gasteiger partial charge in [-0.2, -0.15) is 0 Å². The van der Waals surface area contributed by atoms with Gasteiger partial charge in [-0.05, 0) is 43.9 Å². The van der Waals surface area contributed by atoms with E-state index < -0.39 is 51.4 Å². The molecule has 1 fully saturated rings. The summed E-state index contributed by atoms with van der Waals surface area (Å²) in [5.74, 6) is -4.32. The van der Waals surface area contributed by atoms with Crippen molar-refractivity contribution in [1.82, 2.24) is 5.32 Å². The molecule has 8 nitrogen and oxygen atoms in total. The van der Waals surface area contributed by atoms with Gasteiger partial charge in [-0.15, -0.1) is 13.2 Å². The van der Waals surface area contributed by atoms with E-state index in [1.54, 1.807) is 0 Å². The van der Waals surface area contributed by atoms with E-state index in [1.165, 1.54) is 6.92 Å². The average Bonchev–Trinajstić information content (AvgIpc) is 2.80. The van der Waals surface area contributed by atoms with Crippen molar-refractivity contribution >= 4 is 52.5 Å². The first-order valence-corrected chi connectivity index (χ1v) is 12.1. The summed E-state index contributed by atoms with van der Waals surface area (Å²) in [5.41, 5.74) is -2.58. The number of rotatable bonds is 7. The highest BCUT2D eigenvalue weighted by molar-refractivity contribution is 6.40. The fourth-order valence-electron chi connectivity index (χ4n) is 4.25. The van der Waals surface area contributed by atoms with Crippen molar-refractivity contribution < 1.29 is 41.8 Å². The second-order valence-electron chi connectivity index (χ2n) is 8.86. The normalized spacial score (nSPS) is 15.8. The number of amides is 3. The summed E-state index contributed by atoms with van der Waals surface area (Å²) in [6.07, 6.45) is -1.34. The quantitative estimate of drug-likeness (QED) is 0.375. The van der Waals surface area contributed by atoms with Gasteiger partial charge in [0.25, 0.3) is 5.91 Å². The van der Waals surface area contributed by atoms with Gasteiger partial charge in [0, 0.05) is 12.1 Å². The molecule has 0 aromatic heterocycles. The monoisotopic (exact) mass is 578 g/mol. The van der Waals surface area contributed by atoms with Gasteiger partial charge in [0.1, 0.15) is 11.6 Å². The second kappa shape index (κ2) is 11.6. The molecule has 2 aromatic carbocycles. The molecule has 0 bridgehead atoms. The number of carbonyl (C=O) groups excluding carboxylic acids is 3. The Morgan fingerprint density at radius 2 is 1.61 bits per heavy atom. The van der Waals surface area contributed by atoms with Gasteiger partial charge in [0.2, 0.25) is 0 Å². The maximum absolute atomic E-state index is 14.0. The third kappa shape index (κ3) is 7.19. The van der Waals surface area contributed by atoms with E-state index in [0.717, 1.165) is 49.6 Å². The van der Waals surface area contributed by atoms with Crippen LogP contribution in [-0.4, -0.2) is 29.8 Å². The van der Waals surface area contributed by atoms with Crippen molar-refractivity contribution in [2.24, 2.45) is 5.92 Å². The summed E-state index contributed by atoms with van der Waals surface area (Å²) in [6, 6.07) is 3.29. The maximum Gasteiger partial charge on any atom is 0.573 e. The Kier molecular flexibility index (Phi) is 8.98. The van der Waals surface area contributed by atoms with Crippen LogP contribution in [0.25, 0.3) is 0 Å². The van der Waals surface area contributed by atoms with Crippen LogP contribution in [0.3, 0.4) is 0 Å². The minimum Gasteiger partial charge on any atom is -0.548 e. The van der Waals surface area contributed by atoms with Crippen LogP contribution in [0.5, 0.6) is 5.75 Å². The molecule has 38 heavy (non-hydrogen) atoms. The van der Waals surface area contributed by atoms with Gasteiger partial charge in [-0.25, -0.2) is 9.18 Å². The number of carboxylic acids is 1. The third-order valence-electron chi connectivity index (χ3n) is 6.18. The van der Waals surface area contributed by atoms with Gasteiger partial charge < -0.3 is 30.6 Å². The van der Waals surface area contributed by atoms with Crippen LogP contribution in [0.2, 0.25) is 10.0 Å². The minimum atomic E-state index is -5.00. The lowest BCUT2D eigenvalue weighted by atomic mass is 9.75. The van der Waals surface area contributed by atoms with Crippen LogP contribution in [0.1, 0.15) is 49.4 Å². The molecular weight excluding hydrogens is 557 g/mol. The summed E-state index contributed by atoms with van der Waals surface area (Å²) in [7, 11) is 0. The number of carbonyl (C=O) groups is 3. The number of halogens is 6. The molecule has 0 spiro atoms. The molecule has 3 N–H and O–H groups in total. The van der Waals surface area contributed by atoms with Crippen molar-refractivity contribution in [3.05, 3.63) is 51.8 Å². The SMILES string of the molecule is C[C@@](NC(=O)c1ccc(F)cc1NC(=O)Nc1c(Cl)cc(OC(F)(F)F)cc1Cl)(C(=O)[O-])C1CCCCC1. The smallest absolute Gasteiger partial charge is 0.548 e. The Balaban J connectivity index is 1.81. The zero-order valence-electron chi connectivity index (χ0n) is 19.8. The molecule has 1 atom stereocenters. The van der Waals surface area contributed by atoms with Crippen molar-refractivity contribution in [2.45, 2.75) is 50.9 Å². The molecule has 0 heterocycles. The predicted molar refractivity (Wildman–Crippen MR) is 130 cm³/mol. The Labute approximate surface area is 224 Å². The van der Waals surface area contributed by atoms with E-state index in [-0.39, 0.29) is 22.9 Å². The van der Waals surface area contributed by atoms with Gasteiger partial charge in [-0.1, -0.05) is 42.5 Å². The number of nitrogens with one attached hydrogen (secondary N) is 3.